The van der Waals surface area contributed by atoms with Crippen LogP contribution in [0.2, 0.25) is 0 Å². The van der Waals surface area contributed by atoms with E-state index in [0.29, 0.717) is 5.69 Å². The molecule has 4 heteroatoms. The Morgan fingerprint density at radius 2 is 2.19 bits per heavy atom. The van der Waals surface area contributed by atoms with E-state index < -0.39 is 5.97 Å². The van der Waals surface area contributed by atoms with Crippen LogP contribution in [0.3, 0.4) is 0 Å². The first-order valence-corrected chi connectivity index (χ1v) is 4.87. The van der Waals surface area contributed by atoms with Crippen LogP contribution in [0.4, 0.5) is 5.69 Å². The van der Waals surface area contributed by atoms with Crippen molar-refractivity contribution in [3.05, 3.63) is 35.5 Å². The topological polar surface area (TPSA) is 65.2 Å². The van der Waals surface area contributed by atoms with E-state index in [2.05, 4.69) is 9.72 Å². The van der Waals surface area contributed by atoms with Gasteiger partial charge >= 0.3 is 5.97 Å². The number of fused-ring (bicyclic) bond motifs is 1. The van der Waals surface area contributed by atoms with E-state index in [1.807, 2.05) is 25.1 Å². The molecule has 0 aliphatic heterocycles. The van der Waals surface area contributed by atoms with Crippen LogP contribution >= 0.6 is 0 Å². The number of hydrogen-bond acceptors (Lipinski definition) is 4. The lowest BCUT2D eigenvalue weighted by atomic mass is 10.1. The number of nitrogen functional groups attached to an aromatic ring is 1. The number of carbonyl (C=O) groups is 1. The molecule has 0 fully saturated rings. The number of nitrogens with two attached hydrogens (primary N) is 1. The monoisotopic (exact) mass is 216 g/mol. The molecule has 0 unspecified atom stereocenters. The summed E-state index contributed by atoms with van der Waals surface area (Å²) in [5, 5.41) is 0.952. The van der Waals surface area contributed by atoms with Gasteiger partial charge in [-0.05, 0) is 24.6 Å². The molecule has 1 aromatic carbocycles. The summed E-state index contributed by atoms with van der Waals surface area (Å²) in [6.45, 7) is 1.97. The van der Waals surface area contributed by atoms with E-state index >= 15 is 0 Å². The van der Waals surface area contributed by atoms with Crippen molar-refractivity contribution >= 4 is 22.6 Å². The van der Waals surface area contributed by atoms with Crippen LogP contribution in [0.25, 0.3) is 10.9 Å². The number of aryl methyl sites for hydroxylation is 1. The largest absolute Gasteiger partial charge is 0.464 e. The molecule has 0 atom stereocenters. The van der Waals surface area contributed by atoms with Crippen molar-refractivity contribution in [1.29, 1.82) is 0 Å². The summed E-state index contributed by atoms with van der Waals surface area (Å²) in [4.78, 5) is 15.6. The Labute approximate surface area is 93.0 Å². The highest BCUT2D eigenvalue weighted by atomic mass is 16.5. The summed E-state index contributed by atoms with van der Waals surface area (Å²) in [6.07, 6.45) is 0. The number of methoxy groups -OCH3 is 1. The molecule has 0 bridgehead atoms. The lowest BCUT2D eigenvalue weighted by Gasteiger charge is -2.06. The number of carbonyl (C=O) groups excluding carboxylic acids is 1. The lowest BCUT2D eigenvalue weighted by Crippen LogP contribution is -2.08. The second kappa shape index (κ2) is 3.81. The third-order valence-electron chi connectivity index (χ3n) is 2.49. The number of nitrogens with zero attached hydrogens (tertiary/aromatic N) is 1. The molecular formula is C12H12N2O2. The molecule has 0 saturated carbocycles. The van der Waals surface area contributed by atoms with Crippen molar-refractivity contribution in [3.63, 3.8) is 0 Å². The first-order valence-electron chi connectivity index (χ1n) is 4.87. The van der Waals surface area contributed by atoms with Gasteiger partial charge in [0.25, 0.3) is 0 Å². The van der Waals surface area contributed by atoms with Crippen molar-refractivity contribution in [1.82, 2.24) is 4.98 Å². The van der Waals surface area contributed by atoms with Gasteiger partial charge in [0, 0.05) is 5.39 Å². The van der Waals surface area contributed by atoms with Gasteiger partial charge in [0.2, 0.25) is 0 Å². The molecule has 0 aliphatic carbocycles. The minimum absolute atomic E-state index is 0.167. The first kappa shape index (κ1) is 10.4. The molecule has 2 aromatic rings. The molecule has 16 heavy (non-hydrogen) atoms. The van der Waals surface area contributed by atoms with Crippen LogP contribution in [0.5, 0.6) is 0 Å². The third-order valence-corrected chi connectivity index (χ3v) is 2.49. The second-order valence-corrected chi connectivity index (χ2v) is 3.56. The fraction of sp³-hybridized carbons (Fsp3) is 0.167. The van der Waals surface area contributed by atoms with Gasteiger partial charge in [0.05, 0.1) is 18.3 Å². The molecule has 2 N–H and O–H groups in total. The summed E-state index contributed by atoms with van der Waals surface area (Å²) in [6, 6.07) is 7.46. The highest BCUT2D eigenvalue weighted by molar-refractivity contribution is 5.97. The molecule has 0 amide bonds. The van der Waals surface area contributed by atoms with E-state index in [9.17, 15) is 4.79 Å². The van der Waals surface area contributed by atoms with E-state index in [4.69, 9.17) is 5.73 Å². The molecule has 1 aromatic heterocycles. The number of anilines is 1. The van der Waals surface area contributed by atoms with Crippen LogP contribution in [-0.4, -0.2) is 18.1 Å². The Balaban J connectivity index is 2.72. The predicted molar refractivity (Wildman–Crippen MR) is 62.2 cm³/mol. The van der Waals surface area contributed by atoms with Crippen LogP contribution in [0, 0.1) is 6.92 Å². The van der Waals surface area contributed by atoms with Gasteiger partial charge in [0.15, 0.2) is 5.69 Å². The van der Waals surface area contributed by atoms with Crippen molar-refractivity contribution in [2.75, 3.05) is 12.8 Å². The number of aromatic nitrogens is 1. The van der Waals surface area contributed by atoms with Crippen LogP contribution in [0.1, 0.15) is 16.1 Å². The summed E-state index contributed by atoms with van der Waals surface area (Å²) >= 11 is 0. The van der Waals surface area contributed by atoms with Crippen LogP contribution < -0.4 is 5.73 Å². The zero-order chi connectivity index (χ0) is 11.7. The van der Waals surface area contributed by atoms with Gasteiger partial charge < -0.3 is 10.5 Å². The van der Waals surface area contributed by atoms with Gasteiger partial charge in [-0.1, -0.05) is 12.1 Å². The van der Waals surface area contributed by atoms with Crippen LogP contribution in [0.15, 0.2) is 24.3 Å². The molecule has 82 valence electrons. The van der Waals surface area contributed by atoms with Crippen molar-refractivity contribution in [3.8, 4) is 0 Å². The summed E-state index contributed by atoms with van der Waals surface area (Å²) in [5.41, 5.74) is 8.10. The maximum Gasteiger partial charge on any atom is 0.358 e. The van der Waals surface area contributed by atoms with E-state index in [1.165, 1.54) is 7.11 Å². The first-order chi connectivity index (χ1) is 7.63. The molecule has 0 saturated heterocycles. The fourth-order valence-corrected chi connectivity index (χ4v) is 1.62. The van der Waals surface area contributed by atoms with Gasteiger partial charge in [-0.2, -0.15) is 0 Å². The minimum Gasteiger partial charge on any atom is -0.464 e. The Kier molecular flexibility index (Phi) is 2.48. The van der Waals surface area contributed by atoms with Crippen molar-refractivity contribution < 1.29 is 9.53 Å². The molecule has 4 nitrogen and oxygen atoms in total. The number of benzene rings is 1. The lowest BCUT2D eigenvalue weighted by molar-refractivity contribution is 0.0596. The van der Waals surface area contributed by atoms with Gasteiger partial charge in [-0.25, -0.2) is 9.78 Å². The maximum absolute atomic E-state index is 11.4. The molecule has 1 heterocycles. The fourth-order valence-electron chi connectivity index (χ4n) is 1.62. The average molecular weight is 216 g/mol. The maximum atomic E-state index is 11.4. The molecular weight excluding hydrogens is 204 g/mol. The molecule has 0 radical (unpaired) electrons. The minimum atomic E-state index is -0.513. The predicted octanol–water partition coefficient (Wildman–Crippen LogP) is 1.91. The van der Waals surface area contributed by atoms with Gasteiger partial charge in [-0.3, -0.25) is 0 Å². The zero-order valence-electron chi connectivity index (χ0n) is 9.15. The normalized spacial score (nSPS) is 10.4. The molecule has 0 spiro atoms. The highest BCUT2D eigenvalue weighted by Crippen LogP contribution is 2.21. The number of pyridine rings is 1. The summed E-state index contributed by atoms with van der Waals surface area (Å²) in [7, 11) is 1.31. The smallest absolute Gasteiger partial charge is 0.358 e. The highest BCUT2D eigenvalue weighted by Gasteiger charge is 2.13. The second-order valence-electron chi connectivity index (χ2n) is 3.56. The Morgan fingerprint density at radius 1 is 1.44 bits per heavy atom. The Morgan fingerprint density at radius 3 is 2.88 bits per heavy atom. The standard InChI is InChI=1S/C12H12N2O2/c1-7-4-3-5-10-8(7)6-9(13)11(14-10)12(15)16-2/h3-6H,13H2,1-2H3. The van der Waals surface area contributed by atoms with E-state index in [1.54, 1.807) is 6.07 Å². The molecule has 2 rings (SSSR count). The van der Waals surface area contributed by atoms with E-state index in [0.717, 1.165) is 16.5 Å². The van der Waals surface area contributed by atoms with Crippen LogP contribution in [-0.2, 0) is 4.74 Å². The third kappa shape index (κ3) is 1.58. The van der Waals surface area contributed by atoms with Gasteiger partial charge in [0.1, 0.15) is 0 Å². The molecule has 0 aliphatic rings. The van der Waals surface area contributed by atoms with E-state index in [-0.39, 0.29) is 5.69 Å². The Bertz CT molecular complexity index is 564. The summed E-state index contributed by atoms with van der Waals surface area (Å²) < 4.78 is 4.61. The quantitative estimate of drug-likeness (QED) is 0.739. The van der Waals surface area contributed by atoms with Crippen molar-refractivity contribution in [2.24, 2.45) is 0 Å². The zero-order valence-corrected chi connectivity index (χ0v) is 9.15. The Hall–Kier alpha value is -2.10. The number of esters is 1. The number of ether oxygens (including phenoxy) is 1. The summed E-state index contributed by atoms with van der Waals surface area (Å²) in [5.74, 6) is -0.513. The SMILES string of the molecule is COC(=O)c1nc2cccc(C)c2cc1N. The average Bonchev–Trinajstić information content (AvgIpc) is 2.29. The van der Waals surface area contributed by atoms with Crippen molar-refractivity contribution in [2.45, 2.75) is 6.92 Å². The number of hydrogen-bond donors (Lipinski definition) is 1. The van der Waals surface area contributed by atoms with Gasteiger partial charge in [-0.15, -0.1) is 0 Å². The number of rotatable bonds is 1.